The molecule has 1 N–H and O–H groups in total. The lowest BCUT2D eigenvalue weighted by molar-refractivity contribution is -0.116. The van der Waals surface area contributed by atoms with Crippen molar-refractivity contribution in [3.63, 3.8) is 0 Å². The SMILES string of the molecule is CCOc1cc([C@@H](CS(C)(=O)=O)N2C(=O)c3c(NC(=O)CCCCl)cc(CC)c(F)c3C2=O)ccc1OC. The fourth-order valence-corrected chi connectivity index (χ4v) is 5.37. The van der Waals surface area contributed by atoms with Gasteiger partial charge in [-0.1, -0.05) is 13.0 Å². The van der Waals surface area contributed by atoms with Gasteiger partial charge in [-0.3, -0.25) is 19.3 Å². The minimum absolute atomic E-state index is 0.0125. The van der Waals surface area contributed by atoms with Crippen molar-refractivity contribution in [3.8, 4) is 11.5 Å². The average Bonchev–Trinajstić information content (AvgIpc) is 3.13. The number of fused-ring (bicyclic) bond motifs is 1. The van der Waals surface area contributed by atoms with Gasteiger partial charge in [-0.2, -0.15) is 0 Å². The topological polar surface area (TPSA) is 119 Å². The number of methoxy groups -OCH3 is 1. The third kappa shape index (κ3) is 6.10. The van der Waals surface area contributed by atoms with Gasteiger partial charge in [-0.05, 0) is 49.1 Å². The predicted molar refractivity (Wildman–Crippen MR) is 141 cm³/mol. The van der Waals surface area contributed by atoms with Gasteiger partial charge >= 0.3 is 0 Å². The maximum Gasteiger partial charge on any atom is 0.265 e. The summed E-state index contributed by atoms with van der Waals surface area (Å²) >= 11 is 5.67. The molecule has 12 heteroatoms. The molecule has 2 aromatic carbocycles. The molecule has 9 nitrogen and oxygen atoms in total. The Morgan fingerprint density at radius 3 is 2.39 bits per heavy atom. The highest BCUT2D eigenvalue weighted by molar-refractivity contribution is 7.90. The van der Waals surface area contributed by atoms with E-state index in [0.29, 0.717) is 12.2 Å². The smallest absolute Gasteiger partial charge is 0.265 e. The molecule has 0 spiro atoms. The van der Waals surface area contributed by atoms with Gasteiger partial charge in [0.25, 0.3) is 11.8 Å². The summed E-state index contributed by atoms with van der Waals surface area (Å²) in [4.78, 5) is 40.5. The second-order valence-electron chi connectivity index (χ2n) is 8.77. The summed E-state index contributed by atoms with van der Waals surface area (Å²) in [6, 6.07) is 4.57. The highest BCUT2D eigenvalue weighted by Gasteiger charge is 2.46. The summed E-state index contributed by atoms with van der Waals surface area (Å²) < 4.78 is 51.2. The van der Waals surface area contributed by atoms with E-state index >= 15 is 4.39 Å². The number of nitrogens with zero attached hydrogens (tertiary/aromatic N) is 1. The first-order valence-electron chi connectivity index (χ1n) is 12.0. The van der Waals surface area contributed by atoms with E-state index in [-0.39, 0.29) is 53.5 Å². The molecule has 2 aromatic rings. The maximum absolute atomic E-state index is 15.5. The quantitative estimate of drug-likeness (QED) is 0.302. The Morgan fingerprint density at radius 2 is 1.82 bits per heavy atom. The summed E-state index contributed by atoms with van der Waals surface area (Å²) in [6.45, 7) is 3.70. The zero-order chi connectivity index (χ0) is 28.2. The van der Waals surface area contributed by atoms with Gasteiger partial charge in [0, 0.05) is 18.6 Å². The van der Waals surface area contributed by atoms with E-state index < -0.39 is 50.7 Å². The zero-order valence-electron chi connectivity index (χ0n) is 21.6. The molecule has 38 heavy (non-hydrogen) atoms. The molecule has 0 radical (unpaired) electrons. The number of ether oxygens (including phenoxy) is 2. The molecule has 0 bridgehead atoms. The van der Waals surface area contributed by atoms with Gasteiger partial charge < -0.3 is 14.8 Å². The van der Waals surface area contributed by atoms with Crippen LogP contribution in [0.3, 0.4) is 0 Å². The van der Waals surface area contributed by atoms with Crippen molar-refractivity contribution in [2.75, 3.05) is 36.9 Å². The fraction of sp³-hybridized carbons (Fsp3) is 0.423. The van der Waals surface area contributed by atoms with Crippen LogP contribution in [0.1, 0.15) is 64.6 Å². The summed E-state index contributed by atoms with van der Waals surface area (Å²) in [5, 5.41) is 2.60. The first-order valence-corrected chi connectivity index (χ1v) is 14.6. The Labute approximate surface area is 226 Å². The molecule has 3 rings (SSSR count). The molecule has 0 saturated carbocycles. The highest BCUT2D eigenvalue weighted by Crippen LogP contribution is 2.40. The number of carbonyl (C=O) groups is 3. The van der Waals surface area contributed by atoms with Crippen LogP contribution in [-0.4, -0.2) is 62.6 Å². The molecule has 0 saturated heterocycles. The molecule has 0 aromatic heterocycles. The lowest BCUT2D eigenvalue weighted by atomic mass is 10.0. The Morgan fingerprint density at radius 1 is 1.13 bits per heavy atom. The van der Waals surface area contributed by atoms with Gasteiger partial charge in [0.1, 0.15) is 15.7 Å². The van der Waals surface area contributed by atoms with Crippen LogP contribution in [0.15, 0.2) is 24.3 Å². The third-order valence-corrected chi connectivity index (χ3v) is 7.23. The molecule has 0 unspecified atom stereocenters. The number of amides is 3. The number of rotatable bonds is 12. The maximum atomic E-state index is 15.5. The standard InChI is InChI=1S/C26H30ClFN2O7S/c1-5-15-12-17(29-21(31)8-7-11-27)22-23(24(15)28)26(33)30(25(22)32)18(14-38(4,34)35)16-9-10-19(36-3)20(13-16)37-6-2/h9-10,12-13,18H,5-8,11,14H2,1-4H3,(H,29,31)/t18-/m1/s1. The first kappa shape index (κ1) is 29.4. The monoisotopic (exact) mass is 568 g/mol. The van der Waals surface area contributed by atoms with E-state index in [2.05, 4.69) is 5.32 Å². The van der Waals surface area contributed by atoms with Crippen molar-refractivity contribution >= 4 is 44.8 Å². The summed E-state index contributed by atoms with van der Waals surface area (Å²) in [5.41, 5.74) is -0.429. The number of imide groups is 1. The van der Waals surface area contributed by atoms with Crippen molar-refractivity contribution in [3.05, 3.63) is 52.3 Å². The second kappa shape index (κ2) is 12.1. The average molecular weight is 569 g/mol. The number of hydrogen-bond acceptors (Lipinski definition) is 7. The van der Waals surface area contributed by atoms with Crippen LogP contribution < -0.4 is 14.8 Å². The summed E-state index contributed by atoms with van der Waals surface area (Å²) in [7, 11) is -2.30. The van der Waals surface area contributed by atoms with Crippen LogP contribution in [0, 0.1) is 5.82 Å². The Kier molecular flexibility index (Phi) is 9.37. The van der Waals surface area contributed by atoms with E-state index in [1.54, 1.807) is 13.8 Å². The number of hydrogen-bond donors (Lipinski definition) is 1. The Hall–Kier alpha value is -3.18. The number of anilines is 1. The van der Waals surface area contributed by atoms with Gasteiger partial charge in [-0.25, -0.2) is 12.8 Å². The molecule has 1 aliphatic rings. The number of nitrogens with one attached hydrogen (secondary N) is 1. The van der Waals surface area contributed by atoms with Crippen LogP contribution in [0.2, 0.25) is 0 Å². The molecule has 1 heterocycles. The predicted octanol–water partition coefficient (Wildman–Crippen LogP) is 4.13. The van der Waals surface area contributed by atoms with Gasteiger partial charge in [0.2, 0.25) is 5.91 Å². The normalized spacial score (nSPS) is 13.9. The van der Waals surface area contributed by atoms with E-state index in [1.165, 1.54) is 31.4 Å². The van der Waals surface area contributed by atoms with Crippen LogP contribution in [-0.2, 0) is 21.1 Å². The lowest BCUT2D eigenvalue weighted by Gasteiger charge is -2.27. The number of benzene rings is 2. The van der Waals surface area contributed by atoms with E-state index in [0.717, 1.165) is 11.2 Å². The van der Waals surface area contributed by atoms with Crippen molar-refractivity contribution < 1.29 is 36.7 Å². The lowest BCUT2D eigenvalue weighted by Crippen LogP contribution is -2.38. The van der Waals surface area contributed by atoms with Crippen molar-refractivity contribution in [2.24, 2.45) is 0 Å². The summed E-state index contributed by atoms with van der Waals surface area (Å²) in [5.74, 6) is -2.95. The molecule has 0 aliphatic carbocycles. The van der Waals surface area contributed by atoms with E-state index in [1.807, 2.05) is 0 Å². The number of carbonyl (C=O) groups excluding carboxylic acids is 3. The summed E-state index contributed by atoms with van der Waals surface area (Å²) in [6.07, 6.45) is 1.61. The molecule has 1 atom stereocenters. The van der Waals surface area contributed by atoms with Crippen LogP contribution >= 0.6 is 11.6 Å². The zero-order valence-corrected chi connectivity index (χ0v) is 23.2. The number of halogens is 2. The third-order valence-electron chi connectivity index (χ3n) is 6.04. The van der Waals surface area contributed by atoms with Crippen molar-refractivity contribution in [1.82, 2.24) is 4.90 Å². The first-order chi connectivity index (χ1) is 18.0. The Bertz CT molecular complexity index is 1360. The number of aryl methyl sites for hydroxylation is 1. The minimum Gasteiger partial charge on any atom is -0.493 e. The van der Waals surface area contributed by atoms with Crippen LogP contribution in [0.5, 0.6) is 11.5 Å². The van der Waals surface area contributed by atoms with Crippen molar-refractivity contribution in [2.45, 2.75) is 39.2 Å². The van der Waals surface area contributed by atoms with Crippen LogP contribution in [0.4, 0.5) is 10.1 Å². The number of alkyl halides is 1. The molecule has 206 valence electrons. The molecule has 1 aliphatic heterocycles. The largest absolute Gasteiger partial charge is 0.493 e. The Balaban J connectivity index is 2.17. The molecular formula is C26H30ClFN2O7S. The number of sulfone groups is 1. The van der Waals surface area contributed by atoms with Gasteiger partial charge in [-0.15, -0.1) is 11.6 Å². The van der Waals surface area contributed by atoms with Gasteiger partial charge in [0.15, 0.2) is 11.5 Å². The van der Waals surface area contributed by atoms with E-state index in [4.69, 9.17) is 21.1 Å². The fourth-order valence-electron chi connectivity index (χ4n) is 4.33. The van der Waals surface area contributed by atoms with Gasteiger partial charge in [0.05, 0.1) is 42.3 Å². The van der Waals surface area contributed by atoms with Crippen molar-refractivity contribution in [1.29, 1.82) is 0 Å². The second-order valence-corrected chi connectivity index (χ2v) is 11.3. The van der Waals surface area contributed by atoms with E-state index in [9.17, 15) is 22.8 Å². The van der Waals surface area contributed by atoms with Crippen LogP contribution in [0.25, 0.3) is 0 Å². The highest BCUT2D eigenvalue weighted by atomic mass is 35.5. The molecule has 0 fully saturated rings. The molecule has 3 amide bonds. The minimum atomic E-state index is -3.74. The molecular weight excluding hydrogens is 539 g/mol.